The summed E-state index contributed by atoms with van der Waals surface area (Å²) in [7, 11) is 0. The maximum atomic E-state index is 11.7. The van der Waals surface area contributed by atoms with Crippen LogP contribution in [0.15, 0.2) is 11.4 Å². The molecule has 1 rings (SSSR count). The van der Waals surface area contributed by atoms with Gasteiger partial charge in [0.2, 0.25) is 5.91 Å². The van der Waals surface area contributed by atoms with E-state index in [0.29, 0.717) is 6.54 Å². The van der Waals surface area contributed by atoms with Crippen molar-refractivity contribution in [2.24, 2.45) is 5.73 Å². The molecule has 0 spiro atoms. The Hall–Kier alpha value is -0.870. The predicted molar refractivity (Wildman–Crippen MR) is 73.4 cm³/mol. The van der Waals surface area contributed by atoms with Crippen molar-refractivity contribution in [1.82, 2.24) is 5.32 Å². The average Bonchev–Trinajstić information content (AvgIpc) is 2.60. The van der Waals surface area contributed by atoms with Gasteiger partial charge < -0.3 is 11.1 Å². The molecule has 0 bridgehead atoms. The van der Waals surface area contributed by atoms with Crippen LogP contribution in [0.2, 0.25) is 0 Å². The van der Waals surface area contributed by atoms with Crippen LogP contribution in [0.5, 0.6) is 0 Å². The lowest BCUT2D eigenvalue weighted by molar-refractivity contribution is -0.125. The zero-order chi connectivity index (χ0) is 13.3. The molecule has 3 N–H and O–H groups in total. The molecule has 0 unspecified atom stereocenters. The molecule has 3 nitrogen and oxygen atoms in total. The highest BCUT2D eigenvalue weighted by atomic mass is 32.1. The van der Waals surface area contributed by atoms with Crippen molar-refractivity contribution in [2.45, 2.75) is 45.6 Å². The minimum absolute atomic E-state index is 0.0564. The number of thiophene rings is 1. The van der Waals surface area contributed by atoms with Gasteiger partial charge in [-0.25, -0.2) is 0 Å². The Balaban J connectivity index is 2.69. The molecule has 96 valence electrons. The van der Waals surface area contributed by atoms with Gasteiger partial charge in [-0.3, -0.25) is 4.79 Å². The Morgan fingerprint density at radius 2 is 2.00 bits per heavy atom. The van der Waals surface area contributed by atoms with E-state index >= 15 is 0 Å². The van der Waals surface area contributed by atoms with Crippen LogP contribution in [0.3, 0.4) is 0 Å². The number of hydrogen-bond acceptors (Lipinski definition) is 3. The third-order valence-corrected chi connectivity index (χ3v) is 4.14. The summed E-state index contributed by atoms with van der Waals surface area (Å²) in [6.45, 7) is 10.4. The molecule has 0 saturated carbocycles. The molecule has 1 amide bonds. The Kier molecular flexibility index (Phi) is 3.99. The van der Waals surface area contributed by atoms with Crippen molar-refractivity contribution in [3.05, 3.63) is 21.9 Å². The summed E-state index contributed by atoms with van der Waals surface area (Å²) in [6, 6.07) is 2.11. The Morgan fingerprint density at radius 1 is 1.41 bits per heavy atom. The standard InChI is InChI=1S/C13H22N2OS/c1-9-6-7-17-10(9)12(2,3)8-15-11(16)13(4,5)14/h6-7H,8,14H2,1-5H3,(H,15,16). The second-order valence-electron chi connectivity index (χ2n) is 5.72. The van der Waals surface area contributed by atoms with E-state index in [-0.39, 0.29) is 11.3 Å². The second-order valence-corrected chi connectivity index (χ2v) is 6.64. The van der Waals surface area contributed by atoms with Crippen LogP contribution < -0.4 is 11.1 Å². The van der Waals surface area contributed by atoms with E-state index in [1.165, 1.54) is 10.4 Å². The first kappa shape index (κ1) is 14.2. The van der Waals surface area contributed by atoms with E-state index in [9.17, 15) is 4.79 Å². The quantitative estimate of drug-likeness (QED) is 0.865. The van der Waals surface area contributed by atoms with Crippen molar-refractivity contribution in [1.29, 1.82) is 0 Å². The van der Waals surface area contributed by atoms with Gasteiger partial charge in [0.25, 0.3) is 0 Å². The lowest BCUT2D eigenvalue weighted by Gasteiger charge is -2.27. The molecule has 0 aliphatic heterocycles. The normalized spacial score (nSPS) is 12.6. The summed E-state index contributed by atoms with van der Waals surface area (Å²) >= 11 is 1.73. The smallest absolute Gasteiger partial charge is 0.239 e. The van der Waals surface area contributed by atoms with Crippen LogP contribution >= 0.6 is 11.3 Å². The van der Waals surface area contributed by atoms with Crippen LogP contribution in [0, 0.1) is 6.92 Å². The van der Waals surface area contributed by atoms with Crippen LogP contribution in [-0.4, -0.2) is 18.0 Å². The fourth-order valence-corrected chi connectivity index (χ4v) is 2.73. The fourth-order valence-electron chi connectivity index (χ4n) is 1.68. The number of aryl methyl sites for hydroxylation is 1. The Bertz CT molecular complexity index is 402. The van der Waals surface area contributed by atoms with Crippen molar-refractivity contribution < 1.29 is 4.79 Å². The summed E-state index contributed by atoms with van der Waals surface area (Å²) in [5, 5.41) is 5.01. The molecule has 1 aromatic heterocycles. The van der Waals surface area contributed by atoms with E-state index in [4.69, 9.17) is 5.73 Å². The van der Waals surface area contributed by atoms with Gasteiger partial charge in [-0.15, -0.1) is 11.3 Å². The number of carbonyl (C=O) groups excluding carboxylic acids is 1. The molecule has 0 aromatic carbocycles. The highest BCUT2D eigenvalue weighted by Gasteiger charge is 2.27. The van der Waals surface area contributed by atoms with Gasteiger partial charge in [-0.05, 0) is 37.8 Å². The van der Waals surface area contributed by atoms with Gasteiger partial charge in [-0.1, -0.05) is 13.8 Å². The molecule has 1 aromatic rings. The number of carbonyl (C=O) groups is 1. The van der Waals surface area contributed by atoms with Crippen LogP contribution in [0.4, 0.5) is 0 Å². The largest absolute Gasteiger partial charge is 0.354 e. The van der Waals surface area contributed by atoms with Crippen LogP contribution in [0.25, 0.3) is 0 Å². The highest BCUT2D eigenvalue weighted by molar-refractivity contribution is 7.10. The van der Waals surface area contributed by atoms with E-state index in [1.807, 2.05) is 0 Å². The highest BCUT2D eigenvalue weighted by Crippen LogP contribution is 2.30. The van der Waals surface area contributed by atoms with Crippen molar-refractivity contribution >= 4 is 17.2 Å². The predicted octanol–water partition coefficient (Wildman–Crippen LogP) is 2.19. The minimum atomic E-state index is -0.819. The maximum absolute atomic E-state index is 11.7. The second kappa shape index (κ2) is 4.78. The van der Waals surface area contributed by atoms with Gasteiger partial charge in [-0.2, -0.15) is 0 Å². The lowest BCUT2D eigenvalue weighted by atomic mass is 9.89. The van der Waals surface area contributed by atoms with Crippen molar-refractivity contribution in [3.63, 3.8) is 0 Å². The Labute approximate surface area is 107 Å². The van der Waals surface area contributed by atoms with Gasteiger partial charge in [0.1, 0.15) is 0 Å². The molecular formula is C13H22N2OS. The van der Waals surface area contributed by atoms with Crippen LogP contribution in [-0.2, 0) is 10.2 Å². The molecular weight excluding hydrogens is 232 g/mol. The number of nitrogens with two attached hydrogens (primary N) is 1. The van der Waals surface area contributed by atoms with E-state index < -0.39 is 5.54 Å². The Morgan fingerprint density at radius 3 is 2.41 bits per heavy atom. The summed E-state index contributed by atoms with van der Waals surface area (Å²) in [6.07, 6.45) is 0. The zero-order valence-corrected chi connectivity index (χ0v) is 12.1. The van der Waals surface area contributed by atoms with Crippen molar-refractivity contribution in [2.75, 3.05) is 6.54 Å². The summed E-state index contributed by atoms with van der Waals surface area (Å²) < 4.78 is 0. The molecule has 1 heterocycles. The first-order valence-corrected chi connectivity index (χ1v) is 6.64. The van der Waals surface area contributed by atoms with Gasteiger partial charge in [0.15, 0.2) is 0 Å². The SMILES string of the molecule is Cc1ccsc1C(C)(C)CNC(=O)C(C)(C)N. The number of nitrogens with one attached hydrogen (secondary N) is 1. The number of amides is 1. The molecule has 0 radical (unpaired) electrons. The molecule has 0 atom stereocenters. The number of hydrogen-bond donors (Lipinski definition) is 2. The van der Waals surface area contributed by atoms with Gasteiger partial charge >= 0.3 is 0 Å². The topological polar surface area (TPSA) is 55.1 Å². The molecule has 0 aliphatic carbocycles. The summed E-state index contributed by atoms with van der Waals surface area (Å²) in [5.41, 5.74) is 6.15. The van der Waals surface area contributed by atoms with Crippen LogP contribution in [0.1, 0.15) is 38.1 Å². The third-order valence-electron chi connectivity index (χ3n) is 2.75. The monoisotopic (exact) mass is 254 g/mol. The molecule has 0 fully saturated rings. The average molecular weight is 254 g/mol. The zero-order valence-electron chi connectivity index (χ0n) is 11.3. The summed E-state index contributed by atoms with van der Waals surface area (Å²) in [4.78, 5) is 13.0. The maximum Gasteiger partial charge on any atom is 0.239 e. The van der Waals surface area contributed by atoms with E-state index in [0.717, 1.165) is 0 Å². The fraction of sp³-hybridized carbons (Fsp3) is 0.615. The third kappa shape index (κ3) is 3.54. The number of rotatable bonds is 4. The molecule has 0 saturated heterocycles. The first-order chi connectivity index (χ1) is 7.64. The minimum Gasteiger partial charge on any atom is -0.354 e. The first-order valence-electron chi connectivity index (χ1n) is 5.76. The van der Waals surface area contributed by atoms with Crippen molar-refractivity contribution in [3.8, 4) is 0 Å². The lowest BCUT2D eigenvalue weighted by Crippen LogP contribution is -2.51. The molecule has 0 aliphatic rings. The van der Waals surface area contributed by atoms with E-state index in [1.54, 1.807) is 25.2 Å². The molecule has 17 heavy (non-hydrogen) atoms. The van der Waals surface area contributed by atoms with Gasteiger partial charge in [0.05, 0.1) is 5.54 Å². The van der Waals surface area contributed by atoms with E-state index in [2.05, 4.69) is 37.5 Å². The molecule has 4 heteroatoms. The van der Waals surface area contributed by atoms with Gasteiger partial charge in [0, 0.05) is 16.8 Å². The summed E-state index contributed by atoms with van der Waals surface area (Å²) in [5.74, 6) is -0.111.